The van der Waals surface area contributed by atoms with Crippen LogP contribution in [0.15, 0.2) is 28.8 Å². The van der Waals surface area contributed by atoms with Crippen molar-refractivity contribution in [3.05, 3.63) is 35.5 Å². The van der Waals surface area contributed by atoms with Crippen molar-refractivity contribution in [3.8, 4) is 17.1 Å². The van der Waals surface area contributed by atoms with Crippen LogP contribution in [0.5, 0.6) is 5.75 Å². The van der Waals surface area contributed by atoms with E-state index in [1.807, 2.05) is 18.2 Å². The standard InChI is InChI=1S/C19H21NO4/c1-12-8-15-9-14(6-7-17(15)23-12)18-10-16(20-24-18)11-22-19(21)13-4-2-3-5-13/h6-7,9-10,12-13H,2-5,8,11H2,1H3. The third-order valence-corrected chi connectivity index (χ3v) is 4.79. The molecule has 1 aromatic heterocycles. The summed E-state index contributed by atoms with van der Waals surface area (Å²) in [4.78, 5) is 12.0. The summed E-state index contributed by atoms with van der Waals surface area (Å²) in [7, 11) is 0. The summed E-state index contributed by atoms with van der Waals surface area (Å²) >= 11 is 0. The van der Waals surface area contributed by atoms with Crippen molar-refractivity contribution in [3.63, 3.8) is 0 Å². The van der Waals surface area contributed by atoms with Gasteiger partial charge in [-0.3, -0.25) is 4.79 Å². The maximum atomic E-state index is 12.0. The minimum atomic E-state index is -0.110. The number of rotatable bonds is 4. The van der Waals surface area contributed by atoms with Crippen molar-refractivity contribution in [2.75, 3.05) is 0 Å². The van der Waals surface area contributed by atoms with E-state index in [9.17, 15) is 4.79 Å². The number of benzene rings is 1. The molecule has 0 spiro atoms. The number of aromatic nitrogens is 1. The first-order valence-electron chi connectivity index (χ1n) is 8.61. The van der Waals surface area contributed by atoms with Gasteiger partial charge in [0.2, 0.25) is 0 Å². The molecule has 1 unspecified atom stereocenters. The van der Waals surface area contributed by atoms with Crippen molar-refractivity contribution in [1.29, 1.82) is 0 Å². The highest BCUT2D eigenvalue weighted by Crippen LogP contribution is 2.33. The second-order valence-electron chi connectivity index (χ2n) is 6.73. The van der Waals surface area contributed by atoms with E-state index >= 15 is 0 Å². The first kappa shape index (κ1) is 15.2. The molecule has 4 rings (SSSR count). The van der Waals surface area contributed by atoms with E-state index in [0.29, 0.717) is 11.5 Å². The van der Waals surface area contributed by atoms with Gasteiger partial charge in [0.25, 0.3) is 0 Å². The van der Waals surface area contributed by atoms with Crippen molar-refractivity contribution in [2.45, 2.75) is 51.7 Å². The second-order valence-corrected chi connectivity index (χ2v) is 6.73. The Labute approximate surface area is 140 Å². The molecular weight excluding hydrogens is 306 g/mol. The summed E-state index contributed by atoms with van der Waals surface area (Å²) in [6.07, 6.45) is 5.25. The zero-order valence-corrected chi connectivity index (χ0v) is 13.8. The van der Waals surface area contributed by atoms with Gasteiger partial charge in [0.15, 0.2) is 5.76 Å². The Morgan fingerprint density at radius 2 is 2.12 bits per heavy atom. The molecule has 5 nitrogen and oxygen atoms in total. The topological polar surface area (TPSA) is 61.6 Å². The van der Waals surface area contributed by atoms with E-state index in [2.05, 4.69) is 18.1 Å². The van der Waals surface area contributed by atoms with Crippen LogP contribution in [-0.4, -0.2) is 17.2 Å². The molecule has 2 aromatic rings. The Kier molecular flexibility index (Phi) is 4.00. The number of fused-ring (bicyclic) bond motifs is 1. The summed E-state index contributed by atoms with van der Waals surface area (Å²) in [6.45, 7) is 2.23. The lowest BCUT2D eigenvalue weighted by Gasteiger charge is -2.07. The normalized spacial score (nSPS) is 20.0. The van der Waals surface area contributed by atoms with Crippen LogP contribution in [0.25, 0.3) is 11.3 Å². The molecule has 2 heterocycles. The summed E-state index contributed by atoms with van der Waals surface area (Å²) < 4.78 is 16.5. The molecule has 1 aliphatic heterocycles. The molecule has 0 saturated heterocycles. The van der Waals surface area contributed by atoms with E-state index in [4.69, 9.17) is 14.0 Å². The summed E-state index contributed by atoms with van der Waals surface area (Å²) in [6, 6.07) is 7.85. The highest BCUT2D eigenvalue weighted by Gasteiger charge is 2.24. The molecule has 1 fully saturated rings. The van der Waals surface area contributed by atoms with Crippen LogP contribution in [0.4, 0.5) is 0 Å². The Hall–Kier alpha value is -2.30. The minimum absolute atomic E-state index is 0.0649. The molecule has 5 heteroatoms. The van der Waals surface area contributed by atoms with Gasteiger partial charge in [-0.1, -0.05) is 18.0 Å². The van der Waals surface area contributed by atoms with Crippen molar-refractivity contribution in [1.82, 2.24) is 5.16 Å². The van der Waals surface area contributed by atoms with Gasteiger partial charge >= 0.3 is 5.97 Å². The van der Waals surface area contributed by atoms with E-state index in [0.717, 1.165) is 43.4 Å². The highest BCUT2D eigenvalue weighted by atomic mass is 16.5. The average Bonchev–Trinajstić information content (AvgIpc) is 3.31. The molecule has 1 saturated carbocycles. The van der Waals surface area contributed by atoms with Gasteiger partial charge < -0.3 is 14.0 Å². The zero-order valence-electron chi connectivity index (χ0n) is 13.8. The summed E-state index contributed by atoms with van der Waals surface area (Å²) in [5.41, 5.74) is 2.79. The quantitative estimate of drug-likeness (QED) is 0.797. The first-order chi connectivity index (χ1) is 11.7. The highest BCUT2D eigenvalue weighted by molar-refractivity contribution is 5.72. The number of hydrogen-bond acceptors (Lipinski definition) is 5. The van der Waals surface area contributed by atoms with Gasteiger partial charge in [-0.25, -0.2) is 0 Å². The Bertz CT molecular complexity index is 746. The maximum Gasteiger partial charge on any atom is 0.309 e. The molecule has 1 aliphatic carbocycles. The van der Waals surface area contributed by atoms with Crippen LogP contribution in [0.2, 0.25) is 0 Å². The number of carbonyl (C=O) groups excluding carboxylic acids is 1. The van der Waals surface area contributed by atoms with Gasteiger partial charge in [-0.2, -0.15) is 0 Å². The van der Waals surface area contributed by atoms with Crippen LogP contribution < -0.4 is 4.74 Å². The number of nitrogens with zero attached hydrogens (tertiary/aromatic N) is 1. The summed E-state index contributed by atoms with van der Waals surface area (Å²) in [5.74, 6) is 1.58. The smallest absolute Gasteiger partial charge is 0.309 e. The predicted octanol–water partition coefficient (Wildman–Crippen LogP) is 3.90. The Balaban J connectivity index is 1.41. The van der Waals surface area contributed by atoms with Crippen LogP contribution >= 0.6 is 0 Å². The molecule has 2 aliphatic rings. The van der Waals surface area contributed by atoms with Gasteiger partial charge in [0.05, 0.1) is 5.92 Å². The van der Waals surface area contributed by atoms with Crippen LogP contribution in [-0.2, 0) is 22.6 Å². The largest absolute Gasteiger partial charge is 0.490 e. The number of ether oxygens (including phenoxy) is 2. The van der Waals surface area contributed by atoms with Crippen LogP contribution in [0.3, 0.4) is 0 Å². The second kappa shape index (κ2) is 6.30. The lowest BCUT2D eigenvalue weighted by molar-refractivity contribution is -0.149. The first-order valence-corrected chi connectivity index (χ1v) is 8.61. The maximum absolute atomic E-state index is 12.0. The molecule has 24 heavy (non-hydrogen) atoms. The van der Waals surface area contributed by atoms with Gasteiger partial charge in [-0.05, 0) is 43.5 Å². The molecule has 0 bridgehead atoms. The predicted molar refractivity (Wildman–Crippen MR) is 87.5 cm³/mol. The molecule has 0 radical (unpaired) electrons. The molecule has 1 aromatic carbocycles. The molecule has 126 valence electrons. The average molecular weight is 327 g/mol. The lowest BCUT2D eigenvalue weighted by Crippen LogP contribution is -2.14. The SMILES string of the molecule is CC1Cc2cc(-c3cc(COC(=O)C4CCCC4)no3)ccc2O1. The molecule has 0 N–H and O–H groups in total. The molecule has 0 amide bonds. The van der Waals surface area contributed by atoms with E-state index in [-0.39, 0.29) is 24.6 Å². The van der Waals surface area contributed by atoms with Gasteiger partial charge in [0, 0.05) is 18.1 Å². The van der Waals surface area contributed by atoms with Crippen molar-refractivity contribution < 1.29 is 18.8 Å². The van der Waals surface area contributed by atoms with Crippen molar-refractivity contribution >= 4 is 5.97 Å². The monoisotopic (exact) mass is 327 g/mol. The fraction of sp³-hybridized carbons (Fsp3) is 0.474. The van der Waals surface area contributed by atoms with Crippen molar-refractivity contribution in [2.24, 2.45) is 5.92 Å². The third kappa shape index (κ3) is 3.03. The van der Waals surface area contributed by atoms with E-state index in [1.54, 1.807) is 0 Å². The van der Waals surface area contributed by atoms with E-state index in [1.165, 1.54) is 5.56 Å². The van der Waals surface area contributed by atoms with Gasteiger partial charge in [-0.15, -0.1) is 0 Å². The summed E-state index contributed by atoms with van der Waals surface area (Å²) in [5, 5.41) is 4.02. The van der Waals surface area contributed by atoms with Crippen LogP contribution in [0.1, 0.15) is 43.9 Å². The Morgan fingerprint density at radius 3 is 2.96 bits per heavy atom. The number of carbonyl (C=O) groups is 1. The number of esters is 1. The fourth-order valence-electron chi connectivity index (χ4n) is 3.52. The minimum Gasteiger partial charge on any atom is -0.490 e. The Morgan fingerprint density at radius 1 is 1.29 bits per heavy atom. The number of hydrogen-bond donors (Lipinski definition) is 0. The lowest BCUT2D eigenvalue weighted by atomic mass is 10.1. The zero-order chi connectivity index (χ0) is 16.5. The fourth-order valence-corrected chi connectivity index (χ4v) is 3.52. The third-order valence-electron chi connectivity index (χ3n) is 4.79. The molecular formula is C19H21NO4. The van der Waals surface area contributed by atoms with E-state index < -0.39 is 0 Å². The van der Waals surface area contributed by atoms with Gasteiger partial charge in [0.1, 0.15) is 24.2 Å². The molecule has 1 atom stereocenters. The van der Waals surface area contributed by atoms with Crippen LogP contribution in [0, 0.1) is 5.92 Å².